The second-order valence-electron chi connectivity index (χ2n) is 6.79. The van der Waals surface area contributed by atoms with Gasteiger partial charge in [0.05, 0.1) is 5.41 Å². The standard InChI is InChI=1S/C14H25NO4/c1-13(2,3)19-12(18)15-8-6-7-10(9-15)14(4,5)11(16)17/h10H,6-9H2,1-5H3,(H,16,17)/t10-/m1/s1. The summed E-state index contributed by atoms with van der Waals surface area (Å²) >= 11 is 0. The lowest BCUT2D eigenvalue weighted by Crippen LogP contribution is -2.48. The van der Waals surface area contributed by atoms with Gasteiger partial charge >= 0.3 is 12.1 Å². The summed E-state index contributed by atoms with van der Waals surface area (Å²) in [5.41, 5.74) is -1.34. The number of carbonyl (C=O) groups excluding carboxylic acids is 1. The third-order valence-corrected chi connectivity index (χ3v) is 3.64. The van der Waals surface area contributed by atoms with Gasteiger partial charge in [-0.3, -0.25) is 4.79 Å². The molecule has 110 valence electrons. The van der Waals surface area contributed by atoms with Gasteiger partial charge in [-0.15, -0.1) is 0 Å². The Bertz CT molecular complexity index is 357. The molecule has 0 aromatic rings. The summed E-state index contributed by atoms with van der Waals surface area (Å²) in [6, 6.07) is 0. The molecule has 0 unspecified atom stereocenters. The van der Waals surface area contributed by atoms with Crippen molar-refractivity contribution in [2.24, 2.45) is 11.3 Å². The number of piperidine rings is 1. The summed E-state index contributed by atoms with van der Waals surface area (Å²) in [5, 5.41) is 9.27. The minimum Gasteiger partial charge on any atom is -0.481 e. The number of ether oxygens (including phenoxy) is 1. The van der Waals surface area contributed by atoms with Gasteiger partial charge in [0.2, 0.25) is 0 Å². The van der Waals surface area contributed by atoms with Crippen LogP contribution in [0.15, 0.2) is 0 Å². The maximum Gasteiger partial charge on any atom is 0.410 e. The first-order valence-corrected chi connectivity index (χ1v) is 6.75. The second kappa shape index (κ2) is 5.39. The number of rotatable bonds is 2. The predicted octanol–water partition coefficient (Wildman–Crippen LogP) is 2.74. The van der Waals surface area contributed by atoms with Gasteiger partial charge in [-0.2, -0.15) is 0 Å². The number of aliphatic carboxylic acids is 1. The molecule has 5 nitrogen and oxygen atoms in total. The van der Waals surface area contributed by atoms with E-state index in [4.69, 9.17) is 4.74 Å². The molecule has 1 saturated heterocycles. The highest BCUT2D eigenvalue weighted by molar-refractivity contribution is 5.74. The molecule has 0 aromatic carbocycles. The van der Waals surface area contributed by atoms with Gasteiger partial charge in [-0.05, 0) is 53.4 Å². The highest BCUT2D eigenvalue weighted by atomic mass is 16.6. The maximum atomic E-state index is 12.0. The SMILES string of the molecule is CC(C)(C)OC(=O)N1CCC[C@@H](C(C)(C)C(=O)O)C1. The van der Waals surface area contributed by atoms with Crippen LogP contribution in [0.5, 0.6) is 0 Å². The molecule has 0 aliphatic carbocycles. The van der Waals surface area contributed by atoms with Gasteiger partial charge in [-0.25, -0.2) is 4.79 Å². The highest BCUT2D eigenvalue weighted by Gasteiger charge is 2.40. The van der Waals surface area contributed by atoms with Crippen molar-refractivity contribution in [1.29, 1.82) is 0 Å². The zero-order valence-corrected chi connectivity index (χ0v) is 12.5. The van der Waals surface area contributed by atoms with Gasteiger partial charge in [0, 0.05) is 13.1 Å². The largest absolute Gasteiger partial charge is 0.481 e. The molecule has 0 spiro atoms. The van der Waals surface area contributed by atoms with E-state index in [1.54, 1.807) is 18.7 Å². The molecular weight excluding hydrogens is 246 g/mol. The third-order valence-electron chi connectivity index (χ3n) is 3.64. The zero-order chi connectivity index (χ0) is 14.8. The van der Waals surface area contributed by atoms with Crippen molar-refractivity contribution in [2.45, 2.75) is 53.1 Å². The summed E-state index contributed by atoms with van der Waals surface area (Å²) in [6.07, 6.45) is 1.30. The molecule has 1 heterocycles. The summed E-state index contributed by atoms with van der Waals surface area (Å²) < 4.78 is 5.34. The molecule has 1 rings (SSSR count). The molecule has 5 heteroatoms. The topological polar surface area (TPSA) is 66.8 Å². The number of amides is 1. The van der Waals surface area contributed by atoms with Crippen LogP contribution in [-0.4, -0.2) is 40.8 Å². The minimum absolute atomic E-state index is 0.0359. The Morgan fingerprint density at radius 3 is 2.26 bits per heavy atom. The molecule has 1 N–H and O–H groups in total. The summed E-state index contributed by atoms with van der Waals surface area (Å²) in [7, 11) is 0. The third kappa shape index (κ3) is 4.11. The predicted molar refractivity (Wildman–Crippen MR) is 71.9 cm³/mol. The van der Waals surface area contributed by atoms with E-state index in [-0.39, 0.29) is 12.0 Å². The van der Waals surface area contributed by atoms with Crippen LogP contribution in [0.1, 0.15) is 47.5 Å². The fourth-order valence-corrected chi connectivity index (χ4v) is 2.23. The second-order valence-corrected chi connectivity index (χ2v) is 6.79. The monoisotopic (exact) mass is 271 g/mol. The molecule has 1 aliphatic heterocycles. The van der Waals surface area contributed by atoms with E-state index >= 15 is 0 Å². The van der Waals surface area contributed by atoms with Crippen LogP contribution in [0.4, 0.5) is 4.79 Å². The Balaban J connectivity index is 2.70. The Morgan fingerprint density at radius 2 is 1.79 bits per heavy atom. The average molecular weight is 271 g/mol. The van der Waals surface area contributed by atoms with Gasteiger partial charge in [0.15, 0.2) is 0 Å². The zero-order valence-electron chi connectivity index (χ0n) is 12.5. The number of hydrogen-bond acceptors (Lipinski definition) is 3. The van der Waals surface area contributed by atoms with Crippen molar-refractivity contribution in [3.05, 3.63) is 0 Å². The molecular formula is C14H25NO4. The first-order valence-electron chi connectivity index (χ1n) is 6.75. The number of hydrogen-bond donors (Lipinski definition) is 1. The highest BCUT2D eigenvalue weighted by Crippen LogP contribution is 2.34. The van der Waals surface area contributed by atoms with Crippen molar-refractivity contribution in [1.82, 2.24) is 4.90 Å². The molecule has 1 atom stereocenters. The number of carboxylic acid groups (broad SMARTS) is 1. The number of nitrogens with zero attached hydrogens (tertiary/aromatic N) is 1. The Hall–Kier alpha value is -1.26. The van der Waals surface area contributed by atoms with Crippen LogP contribution in [0.2, 0.25) is 0 Å². The fraction of sp³-hybridized carbons (Fsp3) is 0.857. The van der Waals surface area contributed by atoms with Crippen molar-refractivity contribution in [3.63, 3.8) is 0 Å². The molecule has 0 radical (unpaired) electrons. The van der Waals surface area contributed by atoms with Crippen LogP contribution in [0, 0.1) is 11.3 Å². The molecule has 0 aromatic heterocycles. The number of likely N-dealkylation sites (tertiary alicyclic amines) is 1. The van der Waals surface area contributed by atoms with Crippen LogP contribution in [0.25, 0.3) is 0 Å². The summed E-state index contributed by atoms with van der Waals surface area (Å²) in [6.45, 7) is 10.0. The smallest absolute Gasteiger partial charge is 0.410 e. The van der Waals surface area contributed by atoms with Gasteiger partial charge in [0.1, 0.15) is 5.60 Å². The number of carboxylic acids is 1. The van der Waals surface area contributed by atoms with E-state index in [0.29, 0.717) is 13.1 Å². The minimum atomic E-state index is -0.819. The normalized spacial score (nSPS) is 21.1. The lowest BCUT2D eigenvalue weighted by molar-refractivity contribution is -0.151. The first kappa shape index (κ1) is 15.8. The van der Waals surface area contributed by atoms with Crippen LogP contribution in [-0.2, 0) is 9.53 Å². The lowest BCUT2D eigenvalue weighted by Gasteiger charge is -2.39. The fourth-order valence-electron chi connectivity index (χ4n) is 2.23. The van der Waals surface area contributed by atoms with E-state index in [1.165, 1.54) is 0 Å². The summed E-state index contributed by atoms with van der Waals surface area (Å²) in [5.74, 6) is -0.852. The van der Waals surface area contributed by atoms with Crippen LogP contribution in [0.3, 0.4) is 0 Å². The maximum absolute atomic E-state index is 12.0. The molecule has 1 fully saturated rings. The van der Waals surface area contributed by atoms with Gasteiger partial charge < -0.3 is 14.7 Å². The lowest BCUT2D eigenvalue weighted by atomic mass is 9.75. The Labute approximate surface area is 114 Å². The Morgan fingerprint density at radius 1 is 1.21 bits per heavy atom. The first-order chi connectivity index (χ1) is 8.54. The molecule has 0 saturated carbocycles. The Kier molecular flexibility index (Phi) is 4.48. The number of carbonyl (C=O) groups is 2. The van der Waals surface area contributed by atoms with E-state index < -0.39 is 17.0 Å². The van der Waals surface area contributed by atoms with E-state index in [2.05, 4.69) is 0 Å². The molecule has 1 aliphatic rings. The molecule has 1 amide bonds. The van der Waals surface area contributed by atoms with Crippen LogP contribution >= 0.6 is 0 Å². The van der Waals surface area contributed by atoms with Gasteiger partial charge in [-0.1, -0.05) is 0 Å². The summed E-state index contributed by atoms with van der Waals surface area (Å²) in [4.78, 5) is 24.9. The van der Waals surface area contributed by atoms with Crippen molar-refractivity contribution in [3.8, 4) is 0 Å². The van der Waals surface area contributed by atoms with Gasteiger partial charge in [0.25, 0.3) is 0 Å². The van der Waals surface area contributed by atoms with E-state index in [9.17, 15) is 14.7 Å². The quantitative estimate of drug-likeness (QED) is 0.838. The van der Waals surface area contributed by atoms with E-state index in [1.807, 2.05) is 20.8 Å². The molecule has 0 bridgehead atoms. The molecule has 19 heavy (non-hydrogen) atoms. The van der Waals surface area contributed by atoms with Crippen LogP contribution < -0.4 is 0 Å². The van der Waals surface area contributed by atoms with E-state index in [0.717, 1.165) is 12.8 Å². The van der Waals surface area contributed by atoms with Crippen molar-refractivity contribution < 1.29 is 19.4 Å². The van der Waals surface area contributed by atoms with Crippen molar-refractivity contribution >= 4 is 12.1 Å². The average Bonchev–Trinajstić information content (AvgIpc) is 2.26. The van der Waals surface area contributed by atoms with Crippen molar-refractivity contribution in [2.75, 3.05) is 13.1 Å².